The number of nitriles is 1. The number of rotatable bonds is 3. The van der Waals surface area contributed by atoms with E-state index in [-0.39, 0.29) is 11.9 Å². The summed E-state index contributed by atoms with van der Waals surface area (Å²) in [6.07, 6.45) is 3.46. The molecule has 1 aliphatic carbocycles. The summed E-state index contributed by atoms with van der Waals surface area (Å²) >= 11 is 0. The molecular formula is C17H19N7O. The van der Waals surface area contributed by atoms with Crippen LogP contribution < -0.4 is 10.2 Å². The zero-order valence-corrected chi connectivity index (χ0v) is 14.0. The summed E-state index contributed by atoms with van der Waals surface area (Å²) in [5, 5.41) is 16.2. The molecular weight excluding hydrogens is 318 g/mol. The second-order valence-electron chi connectivity index (χ2n) is 6.64. The van der Waals surface area contributed by atoms with Crippen LogP contribution in [-0.4, -0.2) is 38.2 Å². The normalized spacial score (nSPS) is 21.8. The summed E-state index contributed by atoms with van der Waals surface area (Å²) < 4.78 is 1.89. The van der Waals surface area contributed by atoms with Gasteiger partial charge in [-0.25, -0.2) is 9.97 Å². The Bertz CT molecular complexity index is 847. The van der Waals surface area contributed by atoms with Crippen LogP contribution in [0.3, 0.4) is 0 Å². The Hall–Kier alpha value is -2.95. The molecule has 2 aliphatic rings. The van der Waals surface area contributed by atoms with Crippen LogP contribution in [0.4, 0.5) is 5.82 Å². The Morgan fingerprint density at radius 2 is 2.16 bits per heavy atom. The SMILES string of the molecule is CC(=O)NC1CC(c2cc(N3CCn4nc(C#N)cc4C3)ncn2)C1. The van der Waals surface area contributed by atoms with Gasteiger partial charge in [-0.15, -0.1) is 0 Å². The van der Waals surface area contributed by atoms with Gasteiger partial charge in [0, 0.05) is 37.2 Å². The molecule has 0 aromatic carbocycles. The first-order chi connectivity index (χ1) is 12.1. The van der Waals surface area contributed by atoms with Crippen molar-refractivity contribution in [1.82, 2.24) is 25.1 Å². The molecule has 1 amide bonds. The molecule has 1 saturated carbocycles. The standard InChI is InChI=1S/C17H19N7O/c1-11(25)21-13-4-12(5-13)16-7-17(20-10-19-16)23-2-3-24-15(9-23)6-14(8-18)22-24/h6-7,10,12-13H,2-5,9H2,1H3,(H,21,25). The molecule has 128 valence electrons. The molecule has 0 saturated heterocycles. The number of hydrogen-bond acceptors (Lipinski definition) is 6. The zero-order chi connectivity index (χ0) is 17.4. The zero-order valence-electron chi connectivity index (χ0n) is 14.0. The number of carbonyl (C=O) groups excluding carboxylic acids is 1. The van der Waals surface area contributed by atoms with Gasteiger partial charge >= 0.3 is 0 Å². The topological polar surface area (TPSA) is 99.7 Å². The summed E-state index contributed by atoms with van der Waals surface area (Å²) in [7, 11) is 0. The first-order valence-corrected chi connectivity index (χ1v) is 8.43. The van der Waals surface area contributed by atoms with Gasteiger partial charge in [-0.05, 0) is 18.9 Å². The van der Waals surface area contributed by atoms with Crippen molar-refractivity contribution >= 4 is 11.7 Å². The van der Waals surface area contributed by atoms with Crippen molar-refractivity contribution in [2.45, 2.75) is 44.8 Å². The predicted molar refractivity (Wildman–Crippen MR) is 89.6 cm³/mol. The van der Waals surface area contributed by atoms with Crippen molar-refractivity contribution in [3.05, 3.63) is 35.5 Å². The van der Waals surface area contributed by atoms with Crippen molar-refractivity contribution in [2.24, 2.45) is 0 Å². The maximum absolute atomic E-state index is 11.1. The lowest BCUT2D eigenvalue weighted by Crippen LogP contribution is -2.42. The number of nitrogens with one attached hydrogen (secondary N) is 1. The summed E-state index contributed by atoms with van der Waals surface area (Å²) in [5.74, 6) is 1.30. The number of anilines is 1. The molecule has 1 N–H and O–H groups in total. The van der Waals surface area contributed by atoms with E-state index < -0.39 is 0 Å². The van der Waals surface area contributed by atoms with Gasteiger partial charge in [0.05, 0.1) is 18.8 Å². The largest absolute Gasteiger partial charge is 0.354 e. The number of amides is 1. The van der Waals surface area contributed by atoms with Crippen LogP contribution in [0, 0.1) is 11.3 Å². The van der Waals surface area contributed by atoms with Gasteiger partial charge in [-0.2, -0.15) is 10.4 Å². The molecule has 8 heteroatoms. The van der Waals surface area contributed by atoms with Gasteiger partial charge in [0.25, 0.3) is 0 Å². The van der Waals surface area contributed by atoms with Gasteiger partial charge < -0.3 is 10.2 Å². The fraction of sp³-hybridized carbons (Fsp3) is 0.471. The van der Waals surface area contributed by atoms with Crippen molar-refractivity contribution in [3.63, 3.8) is 0 Å². The van der Waals surface area contributed by atoms with Crippen molar-refractivity contribution in [2.75, 3.05) is 11.4 Å². The highest BCUT2D eigenvalue weighted by molar-refractivity contribution is 5.73. The molecule has 3 heterocycles. The number of carbonyl (C=O) groups is 1. The molecule has 0 bridgehead atoms. The fourth-order valence-electron chi connectivity index (χ4n) is 3.54. The second kappa shape index (κ2) is 6.16. The van der Waals surface area contributed by atoms with Crippen LogP contribution in [-0.2, 0) is 17.9 Å². The maximum atomic E-state index is 11.1. The quantitative estimate of drug-likeness (QED) is 0.895. The highest BCUT2D eigenvalue weighted by Gasteiger charge is 2.32. The number of nitrogens with zero attached hydrogens (tertiary/aromatic N) is 6. The minimum atomic E-state index is 0.0218. The molecule has 1 aliphatic heterocycles. The Labute approximate surface area is 145 Å². The van der Waals surface area contributed by atoms with E-state index in [0.717, 1.165) is 43.1 Å². The van der Waals surface area contributed by atoms with E-state index in [4.69, 9.17) is 5.26 Å². The molecule has 2 aromatic rings. The van der Waals surface area contributed by atoms with Gasteiger partial charge in [0.15, 0.2) is 5.69 Å². The lowest BCUT2D eigenvalue weighted by atomic mass is 9.78. The summed E-state index contributed by atoms with van der Waals surface area (Å²) in [4.78, 5) is 22.1. The average molecular weight is 337 g/mol. The molecule has 0 spiro atoms. The van der Waals surface area contributed by atoms with Crippen LogP contribution in [0.2, 0.25) is 0 Å². The van der Waals surface area contributed by atoms with Crippen LogP contribution in [0.15, 0.2) is 18.5 Å². The number of hydrogen-bond donors (Lipinski definition) is 1. The van der Waals surface area contributed by atoms with Gasteiger partial charge in [0.2, 0.25) is 5.91 Å². The molecule has 8 nitrogen and oxygen atoms in total. The summed E-state index contributed by atoms with van der Waals surface area (Å²) in [5.41, 5.74) is 2.51. The van der Waals surface area contributed by atoms with Crippen molar-refractivity contribution < 1.29 is 4.79 Å². The van der Waals surface area contributed by atoms with Crippen molar-refractivity contribution in [1.29, 1.82) is 5.26 Å². The highest BCUT2D eigenvalue weighted by atomic mass is 16.1. The van der Waals surface area contributed by atoms with E-state index in [1.165, 1.54) is 0 Å². The first kappa shape index (κ1) is 15.6. The fourth-order valence-corrected chi connectivity index (χ4v) is 3.54. The summed E-state index contributed by atoms with van der Waals surface area (Å²) in [6.45, 7) is 3.78. The molecule has 1 fully saturated rings. The second-order valence-corrected chi connectivity index (χ2v) is 6.64. The molecule has 0 radical (unpaired) electrons. The van der Waals surface area contributed by atoms with Crippen molar-refractivity contribution in [3.8, 4) is 6.07 Å². The lowest BCUT2D eigenvalue weighted by Gasteiger charge is -2.35. The third-order valence-corrected chi connectivity index (χ3v) is 4.87. The molecule has 0 unspecified atom stereocenters. The minimum Gasteiger partial charge on any atom is -0.354 e. The van der Waals surface area contributed by atoms with Crippen LogP contribution >= 0.6 is 0 Å². The minimum absolute atomic E-state index is 0.0218. The smallest absolute Gasteiger partial charge is 0.217 e. The number of aromatic nitrogens is 4. The van der Waals surface area contributed by atoms with E-state index in [9.17, 15) is 4.79 Å². The predicted octanol–water partition coefficient (Wildman–Crippen LogP) is 0.947. The molecule has 2 aromatic heterocycles. The Kier molecular flexibility index (Phi) is 3.84. The van der Waals surface area contributed by atoms with E-state index in [1.807, 2.05) is 16.8 Å². The van der Waals surface area contributed by atoms with Crippen LogP contribution in [0.25, 0.3) is 0 Å². The average Bonchev–Trinajstić information content (AvgIpc) is 3.00. The Morgan fingerprint density at radius 1 is 1.32 bits per heavy atom. The monoisotopic (exact) mass is 337 g/mol. The van der Waals surface area contributed by atoms with Gasteiger partial charge in [-0.1, -0.05) is 0 Å². The number of fused-ring (bicyclic) bond motifs is 1. The Morgan fingerprint density at radius 3 is 2.92 bits per heavy atom. The molecule has 0 atom stereocenters. The lowest BCUT2D eigenvalue weighted by molar-refractivity contribution is -0.120. The Balaban J connectivity index is 1.46. The molecule has 25 heavy (non-hydrogen) atoms. The third kappa shape index (κ3) is 3.05. The van der Waals surface area contributed by atoms with E-state index in [1.54, 1.807) is 13.3 Å². The van der Waals surface area contributed by atoms with Crippen LogP contribution in [0.1, 0.15) is 42.8 Å². The van der Waals surface area contributed by atoms with E-state index in [2.05, 4.69) is 31.4 Å². The van der Waals surface area contributed by atoms with Gasteiger partial charge in [-0.3, -0.25) is 9.48 Å². The summed E-state index contributed by atoms with van der Waals surface area (Å²) in [6, 6.07) is 6.23. The molecule has 4 rings (SSSR count). The van der Waals surface area contributed by atoms with Crippen LogP contribution in [0.5, 0.6) is 0 Å². The maximum Gasteiger partial charge on any atom is 0.217 e. The first-order valence-electron chi connectivity index (χ1n) is 8.43. The van der Waals surface area contributed by atoms with E-state index >= 15 is 0 Å². The third-order valence-electron chi connectivity index (χ3n) is 4.87. The highest BCUT2D eigenvalue weighted by Crippen LogP contribution is 2.36. The van der Waals surface area contributed by atoms with E-state index in [0.29, 0.717) is 18.2 Å². The van der Waals surface area contributed by atoms with Gasteiger partial charge in [0.1, 0.15) is 18.2 Å².